The van der Waals surface area contributed by atoms with Gasteiger partial charge in [-0.3, -0.25) is 4.79 Å². The van der Waals surface area contributed by atoms with Crippen LogP contribution in [0.4, 0.5) is 4.39 Å². The Labute approximate surface area is 100 Å². The molecule has 0 aromatic heterocycles. The van der Waals surface area contributed by atoms with Crippen molar-refractivity contribution in [1.29, 1.82) is 0 Å². The lowest BCUT2D eigenvalue weighted by atomic mass is 10.0. The van der Waals surface area contributed by atoms with Gasteiger partial charge in [0.2, 0.25) is 0 Å². The Kier molecular flexibility index (Phi) is 3.74. The van der Waals surface area contributed by atoms with Gasteiger partial charge in [-0.2, -0.15) is 0 Å². The van der Waals surface area contributed by atoms with E-state index >= 15 is 0 Å². The molecule has 2 atom stereocenters. The van der Waals surface area contributed by atoms with E-state index < -0.39 is 0 Å². The molecule has 17 heavy (non-hydrogen) atoms. The summed E-state index contributed by atoms with van der Waals surface area (Å²) in [4.78, 5) is 11.9. The predicted molar refractivity (Wildman–Crippen MR) is 64.0 cm³/mol. The number of hydrogen-bond acceptors (Lipinski definition) is 2. The molecule has 0 bridgehead atoms. The summed E-state index contributed by atoms with van der Waals surface area (Å²) in [6, 6.07) is 5.75. The van der Waals surface area contributed by atoms with Crippen LogP contribution in [-0.4, -0.2) is 18.5 Å². The lowest BCUT2D eigenvalue weighted by molar-refractivity contribution is 0.0928. The molecule has 0 aliphatic heterocycles. The Bertz CT molecular complexity index is 391. The van der Waals surface area contributed by atoms with E-state index in [4.69, 9.17) is 5.73 Å². The minimum absolute atomic E-state index is 0.143. The van der Waals surface area contributed by atoms with Crippen molar-refractivity contribution in [3.8, 4) is 0 Å². The van der Waals surface area contributed by atoms with Crippen molar-refractivity contribution in [2.24, 2.45) is 11.7 Å². The SMILES string of the molecule is NCC1CCCC1NC(=O)c1ccc(F)cc1. The lowest BCUT2D eigenvalue weighted by Crippen LogP contribution is -2.39. The van der Waals surface area contributed by atoms with Crippen LogP contribution in [0.5, 0.6) is 0 Å². The Morgan fingerprint density at radius 1 is 1.35 bits per heavy atom. The molecule has 0 spiro atoms. The number of carbonyl (C=O) groups is 1. The molecule has 0 saturated heterocycles. The van der Waals surface area contributed by atoms with Gasteiger partial charge in [0.25, 0.3) is 5.91 Å². The summed E-state index contributed by atoms with van der Waals surface area (Å²) in [5, 5.41) is 2.97. The van der Waals surface area contributed by atoms with Crippen LogP contribution in [0.25, 0.3) is 0 Å². The Balaban J connectivity index is 1.99. The average Bonchev–Trinajstić information content (AvgIpc) is 2.77. The topological polar surface area (TPSA) is 55.1 Å². The first-order valence-corrected chi connectivity index (χ1v) is 5.97. The summed E-state index contributed by atoms with van der Waals surface area (Å²) in [7, 11) is 0. The number of benzene rings is 1. The van der Waals surface area contributed by atoms with Crippen LogP contribution in [-0.2, 0) is 0 Å². The summed E-state index contributed by atoms with van der Waals surface area (Å²) in [5.74, 6) is -0.100. The van der Waals surface area contributed by atoms with E-state index in [1.807, 2.05) is 0 Å². The Morgan fingerprint density at radius 2 is 2.06 bits per heavy atom. The molecule has 1 aliphatic carbocycles. The molecular formula is C13H17FN2O. The zero-order valence-electron chi connectivity index (χ0n) is 9.66. The highest BCUT2D eigenvalue weighted by Gasteiger charge is 2.27. The van der Waals surface area contributed by atoms with Crippen molar-refractivity contribution >= 4 is 5.91 Å². The number of hydrogen-bond donors (Lipinski definition) is 2. The van der Waals surface area contributed by atoms with E-state index in [1.165, 1.54) is 24.3 Å². The van der Waals surface area contributed by atoms with Crippen molar-refractivity contribution in [2.45, 2.75) is 25.3 Å². The number of amides is 1. The molecule has 1 amide bonds. The number of halogens is 1. The molecular weight excluding hydrogens is 219 g/mol. The summed E-state index contributed by atoms with van der Waals surface area (Å²) in [6.07, 6.45) is 3.16. The zero-order chi connectivity index (χ0) is 12.3. The third kappa shape index (κ3) is 2.82. The quantitative estimate of drug-likeness (QED) is 0.839. The number of carbonyl (C=O) groups excluding carboxylic acids is 1. The first-order chi connectivity index (χ1) is 8.20. The molecule has 92 valence electrons. The fourth-order valence-corrected chi connectivity index (χ4v) is 2.36. The van der Waals surface area contributed by atoms with E-state index in [0.29, 0.717) is 18.0 Å². The standard InChI is InChI=1S/C13H17FN2O/c14-11-6-4-9(5-7-11)13(17)16-12-3-1-2-10(12)8-15/h4-7,10,12H,1-3,8,15H2,(H,16,17). The first kappa shape index (κ1) is 12.0. The zero-order valence-corrected chi connectivity index (χ0v) is 9.66. The Hall–Kier alpha value is -1.42. The third-order valence-corrected chi connectivity index (χ3v) is 3.38. The molecule has 0 heterocycles. The summed E-state index contributed by atoms with van der Waals surface area (Å²) < 4.78 is 12.7. The van der Waals surface area contributed by atoms with Gasteiger partial charge in [0.15, 0.2) is 0 Å². The molecule has 2 rings (SSSR count). The average molecular weight is 236 g/mol. The molecule has 1 fully saturated rings. The number of nitrogens with two attached hydrogens (primary N) is 1. The molecule has 1 aromatic rings. The molecule has 4 heteroatoms. The Morgan fingerprint density at radius 3 is 2.71 bits per heavy atom. The van der Waals surface area contributed by atoms with E-state index in [-0.39, 0.29) is 17.8 Å². The maximum Gasteiger partial charge on any atom is 0.251 e. The van der Waals surface area contributed by atoms with Gasteiger partial charge in [0, 0.05) is 11.6 Å². The first-order valence-electron chi connectivity index (χ1n) is 5.97. The highest BCUT2D eigenvalue weighted by atomic mass is 19.1. The van der Waals surface area contributed by atoms with E-state index in [9.17, 15) is 9.18 Å². The van der Waals surface area contributed by atoms with Crippen molar-refractivity contribution in [1.82, 2.24) is 5.32 Å². The van der Waals surface area contributed by atoms with Crippen LogP contribution in [0.2, 0.25) is 0 Å². The molecule has 3 nitrogen and oxygen atoms in total. The second kappa shape index (κ2) is 5.27. The predicted octanol–water partition coefficient (Wildman–Crippen LogP) is 1.68. The highest BCUT2D eigenvalue weighted by Crippen LogP contribution is 2.24. The fraction of sp³-hybridized carbons (Fsp3) is 0.462. The van der Waals surface area contributed by atoms with Gasteiger partial charge in [-0.15, -0.1) is 0 Å². The van der Waals surface area contributed by atoms with Crippen LogP contribution < -0.4 is 11.1 Å². The normalized spacial score (nSPS) is 23.6. The van der Waals surface area contributed by atoms with E-state index in [0.717, 1.165) is 19.3 Å². The lowest BCUT2D eigenvalue weighted by Gasteiger charge is -2.19. The minimum Gasteiger partial charge on any atom is -0.349 e. The van der Waals surface area contributed by atoms with E-state index in [1.54, 1.807) is 0 Å². The van der Waals surface area contributed by atoms with Crippen LogP contribution in [0.3, 0.4) is 0 Å². The maximum atomic E-state index is 12.7. The molecule has 0 radical (unpaired) electrons. The van der Waals surface area contributed by atoms with Crippen LogP contribution in [0.15, 0.2) is 24.3 Å². The highest BCUT2D eigenvalue weighted by molar-refractivity contribution is 5.94. The summed E-state index contributed by atoms with van der Waals surface area (Å²) >= 11 is 0. The van der Waals surface area contributed by atoms with Crippen LogP contribution in [0.1, 0.15) is 29.6 Å². The maximum absolute atomic E-state index is 12.7. The van der Waals surface area contributed by atoms with E-state index in [2.05, 4.69) is 5.32 Å². The minimum atomic E-state index is -0.331. The largest absolute Gasteiger partial charge is 0.349 e. The number of nitrogens with one attached hydrogen (secondary N) is 1. The fourth-order valence-electron chi connectivity index (χ4n) is 2.36. The second-order valence-corrected chi connectivity index (χ2v) is 4.51. The van der Waals surface area contributed by atoms with Gasteiger partial charge in [-0.25, -0.2) is 4.39 Å². The third-order valence-electron chi connectivity index (χ3n) is 3.38. The van der Waals surface area contributed by atoms with Gasteiger partial charge in [0.05, 0.1) is 0 Å². The number of rotatable bonds is 3. The van der Waals surface area contributed by atoms with Crippen molar-refractivity contribution in [2.75, 3.05) is 6.54 Å². The van der Waals surface area contributed by atoms with Crippen molar-refractivity contribution in [3.63, 3.8) is 0 Å². The van der Waals surface area contributed by atoms with Gasteiger partial charge in [-0.1, -0.05) is 6.42 Å². The summed E-state index contributed by atoms with van der Waals surface area (Å²) in [6.45, 7) is 0.606. The smallest absolute Gasteiger partial charge is 0.251 e. The second-order valence-electron chi connectivity index (χ2n) is 4.51. The van der Waals surface area contributed by atoms with Gasteiger partial charge >= 0.3 is 0 Å². The molecule has 3 N–H and O–H groups in total. The van der Waals surface area contributed by atoms with Gasteiger partial charge < -0.3 is 11.1 Å². The van der Waals surface area contributed by atoms with Crippen LogP contribution in [0, 0.1) is 11.7 Å². The summed E-state index contributed by atoms with van der Waals surface area (Å²) in [5.41, 5.74) is 6.15. The van der Waals surface area contributed by atoms with Gasteiger partial charge in [0.1, 0.15) is 5.82 Å². The van der Waals surface area contributed by atoms with Crippen LogP contribution >= 0.6 is 0 Å². The molecule has 1 aromatic carbocycles. The van der Waals surface area contributed by atoms with Gasteiger partial charge in [-0.05, 0) is 49.6 Å². The molecule has 1 saturated carbocycles. The molecule has 1 aliphatic rings. The van der Waals surface area contributed by atoms with Crippen molar-refractivity contribution < 1.29 is 9.18 Å². The monoisotopic (exact) mass is 236 g/mol. The molecule has 2 unspecified atom stereocenters. The van der Waals surface area contributed by atoms with Crippen molar-refractivity contribution in [3.05, 3.63) is 35.6 Å².